The second-order valence-electron chi connectivity index (χ2n) is 3.56. The minimum Gasteiger partial charge on any atom is -0.481 e. The zero-order valence-electron chi connectivity index (χ0n) is 9.17. The number of rotatable bonds is 4. The maximum Gasteiger partial charge on any atom is 0.417 e. The monoisotopic (exact) mass is 262 g/mol. The van der Waals surface area contributed by atoms with Crippen LogP contribution in [0.5, 0.6) is 0 Å². The maximum atomic E-state index is 12.8. The van der Waals surface area contributed by atoms with Gasteiger partial charge in [0, 0.05) is 6.42 Å². The molecule has 1 aromatic rings. The Kier molecular flexibility index (Phi) is 4.47. The number of hydrogen-bond acceptors (Lipinski definition) is 1. The van der Waals surface area contributed by atoms with Gasteiger partial charge in [-0.3, -0.25) is 4.79 Å². The Morgan fingerprint density at radius 3 is 2.56 bits per heavy atom. The highest BCUT2D eigenvalue weighted by atomic mass is 19.4. The number of alkyl halides is 3. The van der Waals surface area contributed by atoms with Crippen molar-refractivity contribution in [1.29, 1.82) is 0 Å². The van der Waals surface area contributed by atoms with E-state index in [0.29, 0.717) is 6.07 Å². The summed E-state index contributed by atoms with van der Waals surface area (Å²) in [4.78, 5) is 10.2. The largest absolute Gasteiger partial charge is 0.481 e. The van der Waals surface area contributed by atoms with Crippen molar-refractivity contribution in [2.75, 3.05) is 0 Å². The van der Waals surface area contributed by atoms with Gasteiger partial charge in [0.25, 0.3) is 0 Å². The molecule has 98 valence electrons. The summed E-state index contributed by atoms with van der Waals surface area (Å²) in [5.74, 6) is -2.00. The molecular weight excluding hydrogens is 252 g/mol. The van der Waals surface area contributed by atoms with Gasteiger partial charge >= 0.3 is 12.1 Å². The fourth-order valence-corrected chi connectivity index (χ4v) is 1.34. The molecule has 0 saturated heterocycles. The van der Waals surface area contributed by atoms with Gasteiger partial charge in [0.15, 0.2) is 0 Å². The molecular formula is C12H10F4O2. The van der Waals surface area contributed by atoms with E-state index in [1.165, 1.54) is 6.08 Å². The van der Waals surface area contributed by atoms with Gasteiger partial charge in [0.2, 0.25) is 0 Å². The minimum absolute atomic E-state index is 0.115. The van der Waals surface area contributed by atoms with Crippen LogP contribution >= 0.6 is 0 Å². The summed E-state index contributed by atoms with van der Waals surface area (Å²) in [5, 5.41) is 8.37. The first kappa shape index (κ1) is 14.2. The lowest BCUT2D eigenvalue weighted by Crippen LogP contribution is -2.07. The van der Waals surface area contributed by atoms with Gasteiger partial charge in [-0.15, -0.1) is 0 Å². The lowest BCUT2D eigenvalue weighted by Gasteiger charge is -2.10. The van der Waals surface area contributed by atoms with Crippen LogP contribution < -0.4 is 0 Å². The summed E-state index contributed by atoms with van der Waals surface area (Å²) in [7, 11) is 0. The average molecular weight is 262 g/mol. The summed E-state index contributed by atoms with van der Waals surface area (Å²) in [6.07, 6.45) is -2.24. The number of carbonyl (C=O) groups is 1. The molecule has 0 bridgehead atoms. The summed E-state index contributed by atoms with van der Waals surface area (Å²) in [5.41, 5.74) is -1.26. The van der Waals surface area contributed by atoms with E-state index in [9.17, 15) is 22.4 Å². The topological polar surface area (TPSA) is 37.3 Å². The minimum atomic E-state index is -4.64. The first-order valence-corrected chi connectivity index (χ1v) is 5.06. The molecule has 0 atom stereocenters. The van der Waals surface area contributed by atoms with Crippen molar-refractivity contribution in [3.8, 4) is 0 Å². The molecule has 6 heteroatoms. The van der Waals surface area contributed by atoms with E-state index >= 15 is 0 Å². The molecule has 0 aromatic heterocycles. The van der Waals surface area contributed by atoms with E-state index in [-0.39, 0.29) is 18.4 Å². The van der Waals surface area contributed by atoms with Crippen LogP contribution in [-0.2, 0) is 11.0 Å². The molecule has 0 saturated carbocycles. The maximum absolute atomic E-state index is 12.8. The predicted octanol–water partition coefficient (Wildman–Crippen LogP) is 3.72. The Hall–Kier alpha value is -1.85. The molecule has 0 fully saturated rings. The molecule has 0 aliphatic carbocycles. The zero-order chi connectivity index (χ0) is 13.8. The standard InChI is InChI=1S/C12H10F4O2/c13-9-6-5-8(3-1-2-4-11(17)18)10(7-9)12(14,15)16/h1,3,5-7H,2,4H2,(H,17,18). The SMILES string of the molecule is O=C(O)CCC=Cc1ccc(F)cc1C(F)(F)F. The van der Waals surface area contributed by atoms with E-state index in [0.717, 1.165) is 18.2 Å². The van der Waals surface area contributed by atoms with Crippen LogP contribution in [0.3, 0.4) is 0 Å². The Morgan fingerprint density at radius 2 is 2.00 bits per heavy atom. The zero-order valence-corrected chi connectivity index (χ0v) is 9.17. The summed E-state index contributed by atoms with van der Waals surface area (Å²) >= 11 is 0. The van der Waals surface area contributed by atoms with Gasteiger partial charge in [-0.05, 0) is 24.1 Å². The Bertz CT molecular complexity index is 464. The molecule has 0 amide bonds. The summed E-state index contributed by atoms with van der Waals surface area (Å²) in [6.45, 7) is 0. The van der Waals surface area contributed by atoms with Crippen LogP contribution in [0.15, 0.2) is 24.3 Å². The molecule has 2 nitrogen and oxygen atoms in total. The number of halogens is 4. The molecule has 0 aliphatic heterocycles. The van der Waals surface area contributed by atoms with Crippen LogP contribution in [0.4, 0.5) is 17.6 Å². The van der Waals surface area contributed by atoms with Gasteiger partial charge in [0.1, 0.15) is 5.82 Å². The molecule has 1 rings (SSSR count). The van der Waals surface area contributed by atoms with Crippen LogP contribution in [0.1, 0.15) is 24.0 Å². The molecule has 1 N–H and O–H groups in total. The van der Waals surface area contributed by atoms with E-state index < -0.39 is 23.5 Å². The van der Waals surface area contributed by atoms with Crippen molar-refractivity contribution < 1.29 is 27.5 Å². The van der Waals surface area contributed by atoms with Crippen molar-refractivity contribution in [2.24, 2.45) is 0 Å². The van der Waals surface area contributed by atoms with Gasteiger partial charge in [-0.1, -0.05) is 18.2 Å². The number of allylic oxidation sites excluding steroid dienone is 1. The van der Waals surface area contributed by atoms with Gasteiger partial charge in [-0.2, -0.15) is 13.2 Å². The molecule has 18 heavy (non-hydrogen) atoms. The van der Waals surface area contributed by atoms with Crippen molar-refractivity contribution >= 4 is 12.0 Å². The van der Waals surface area contributed by atoms with Crippen molar-refractivity contribution in [3.63, 3.8) is 0 Å². The highest BCUT2D eigenvalue weighted by molar-refractivity contribution is 5.67. The number of hydrogen-bond donors (Lipinski definition) is 1. The highest BCUT2D eigenvalue weighted by Crippen LogP contribution is 2.33. The smallest absolute Gasteiger partial charge is 0.417 e. The lowest BCUT2D eigenvalue weighted by molar-refractivity contribution is -0.138. The van der Waals surface area contributed by atoms with E-state index in [4.69, 9.17) is 5.11 Å². The predicted molar refractivity (Wildman–Crippen MR) is 57.3 cm³/mol. The number of carboxylic acid groups (broad SMARTS) is 1. The van der Waals surface area contributed by atoms with Gasteiger partial charge in [-0.25, -0.2) is 4.39 Å². The normalized spacial score (nSPS) is 12.0. The highest BCUT2D eigenvalue weighted by Gasteiger charge is 2.33. The first-order valence-electron chi connectivity index (χ1n) is 5.06. The third-order valence-electron chi connectivity index (χ3n) is 2.14. The first-order chi connectivity index (χ1) is 8.30. The molecule has 0 spiro atoms. The third-order valence-corrected chi connectivity index (χ3v) is 2.14. The van der Waals surface area contributed by atoms with Crippen LogP contribution in [-0.4, -0.2) is 11.1 Å². The third kappa shape index (κ3) is 4.20. The summed E-state index contributed by atoms with van der Waals surface area (Å²) < 4.78 is 50.5. The van der Waals surface area contributed by atoms with Crippen molar-refractivity contribution in [2.45, 2.75) is 19.0 Å². The fourth-order valence-electron chi connectivity index (χ4n) is 1.34. The quantitative estimate of drug-likeness (QED) is 0.839. The van der Waals surface area contributed by atoms with Gasteiger partial charge in [0.05, 0.1) is 5.56 Å². The molecule has 0 unspecified atom stereocenters. The van der Waals surface area contributed by atoms with Crippen LogP contribution in [0.2, 0.25) is 0 Å². The van der Waals surface area contributed by atoms with Crippen LogP contribution in [0, 0.1) is 5.82 Å². The van der Waals surface area contributed by atoms with E-state index in [1.54, 1.807) is 0 Å². The molecule has 0 heterocycles. The average Bonchev–Trinajstić information content (AvgIpc) is 2.24. The Labute approximate surface area is 101 Å². The second kappa shape index (κ2) is 5.66. The summed E-state index contributed by atoms with van der Waals surface area (Å²) in [6, 6.07) is 2.35. The Balaban J connectivity index is 2.92. The van der Waals surface area contributed by atoms with Crippen LogP contribution in [0.25, 0.3) is 6.08 Å². The number of carboxylic acids is 1. The number of benzene rings is 1. The van der Waals surface area contributed by atoms with Crippen molar-refractivity contribution in [1.82, 2.24) is 0 Å². The molecule has 0 radical (unpaired) electrons. The lowest BCUT2D eigenvalue weighted by atomic mass is 10.1. The molecule has 0 aliphatic rings. The second-order valence-corrected chi connectivity index (χ2v) is 3.56. The fraction of sp³-hybridized carbons (Fsp3) is 0.250. The van der Waals surface area contributed by atoms with Gasteiger partial charge < -0.3 is 5.11 Å². The van der Waals surface area contributed by atoms with E-state index in [2.05, 4.69) is 0 Å². The van der Waals surface area contributed by atoms with E-state index in [1.807, 2.05) is 0 Å². The Morgan fingerprint density at radius 1 is 1.33 bits per heavy atom. The number of aliphatic carboxylic acids is 1. The van der Waals surface area contributed by atoms with Crippen molar-refractivity contribution in [3.05, 3.63) is 41.2 Å². The molecule has 1 aromatic carbocycles.